The average molecular weight is 304 g/mol. The van der Waals surface area contributed by atoms with Crippen LogP contribution >= 0.6 is 0 Å². The van der Waals surface area contributed by atoms with Crippen LogP contribution in [0.5, 0.6) is 0 Å². The number of carbonyl (C=O) groups excluding carboxylic acids is 1. The molecule has 3 aromatic heterocycles. The number of anilines is 1. The second kappa shape index (κ2) is 5.42. The van der Waals surface area contributed by atoms with Crippen molar-refractivity contribution < 1.29 is 9.21 Å². The van der Waals surface area contributed by atoms with Crippen LogP contribution in [0.2, 0.25) is 0 Å². The molecular weight excluding hydrogens is 292 g/mol. The standard InChI is InChI=1S/C17H12N4O2/c22-11-21(19-10-12-4-3-9-23-12)17-16-14(7-8-18-17)13-5-1-2-6-15(13)20-16/h1-11,20H. The third-order valence-electron chi connectivity index (χ3n) is 3.58. The Morgan fingerprint density at radius 1 is 1.13 bits per heavy atom. The van der Waals surface area contributed by atoms with Gasteiger partial charge in [0, 0.05) is 22.5 Å². The number of hydrazone groups is 1. The number of pyridine rings is 1. The van der Waals surface area contributed by atoms with Crippen molar-refractivity contribution in [2.24, 2.45) is 5.10 Å². The molecule has 0 saturated heterocycles. The highest BCUT2D eigenvalue weighted by Gasteiger charge is 2.13. The Bertz CT molecular complexity index is 1000. The lowest BCUT2D eigenvalue weighted by Crippen LogP contribution is -2.15. The first-order valence-electron chi connectivity index (χ1n) is 7.04. The first kappa shape index (κ1) is 13.3. The Hall–Kier alpha value is -3.41. The lowest BCUT2D eigenvalue weighted by atomic mass is 10.2. The van der Waals surface area contributed by atoms with Crippen LogP contribution in [-0.4, -0.2) is 22.6 Å². The van der Waals surface area contributed by atoms with E-state index in [1.807, 2.05) is 30.3 Å². The summed E-state index contributed by atoms with van der Waals surface area (Å²) in [5.41, 5.74) is 1.75. The van der Waals surface area contributed by atoms with Gasteiger partial charge in [-0.25, -0.2) is 4.98 Å². The van der Waals surface area contributed by atoms with Crippen LogP contribution < -0.4 is 5.01 Å². The zero-order chi connectivity index (χ0) is 15.6. The van der Waals surface area contributed by atoms with Gasteiger partial charge in [0.2, 0.25) is 6.41 Å². The number of nitrogens with one attached hydrogen (secondary N) is 1. The molecule has 0 radical (unpaired) electrons. The maximum Gasteiger partial charge on any atom is 0.236 e. The van der Waals surface area contributed by atoms with E-state index in [1.165, 1.54) is 11.2 Å². The lowest BCUT2D eigenvalue weighted by Gasteiger charge is -2.10. The van der Waals surface area contributed by atoms with E-state index in [1.54, 1.807) is 24.6 Å². The molecule has 4 aromatic rings. The van der Waals surface area contributed by atoms with Crippen molar-refractivity contribution in [3.63, 3.8) is 0 Å². The number of para-hydroxylation sites is 1. The van der Waals surface area contributed by atoms with E-state index >= 15 is 0 Å². The van der Waals surface area contributed by atoms with Crippen LogP contribution in [0.15, 0.2) is 64.4 Å². The molecule has 1 amide bonds. The second-order valence-corrected chi connectivity index (χ2v) is 4.94. The summed E-state index contributed by atoms with van der Waals surface area (Å²) >= 11 is 0. The molecule has 6 heteroatoms. The molecule has 0 fully saturated rings. The Balaban J connectivity index is 1.84. The highest BCUT2D eigenvalue weighted by molar-refractivity contribution is 6.11. The maximum absolute atomic E-state index is 11.5. The van der Waals surface area contributed by atoms with Gasteiger partial charge in [-0.3, -0.25) is 4.79 Å². The van der Waals surface area contributed by atoms with Gasteiger partial charge in [-0.05, 0) is 24.3 Å². The number of amides is 1. The van der Waals surface area contributed by atoms with Crippen molar-refractivity contribution in [3.8, 4) is 0 Å². The van der Waals surface area contributed by atoms with Gasteiger partial charge in [0.05, 0.1) is 18.0 Å². The predicted molar refractivity (Wildman–Crippen MR) is 88.4 cm³/mol. The number of aromatic amines is 1. The number of hydrogen-bond donors (Lipinski definition) is 1. The number of aromatic nitrogens is 2. The molecular formula is C17H12N4O2. The van der Waals surface area contributed by atoms with Crippen molar-refractivity contribution in [2.75, 3.05) is 5.01 Å². The van der Waals surface area contributed by atoms with Crippen LogP contribution in [0, 0.1) is 0 Å². The lowest BCUT2D eigenvalue weighted by molar-refractivity contribution is -0.107. The fourth-order valence-corrected chi connectivity index (χ4v) is 2.55. The number of rotatable bonds is 4. The quantitative estimate of drug-likeness (QED) is 0.357. The molecule has 1 N–H and O–H groups in total. The van der Waals surface area contributed by atoms with Crippen molar-refractivity contribution in [2.45, 2.75) is 0 Å². The van der Waals surface area contributed by atoms with Crippen molar-refractivity contribution in [1.29, 1.82) is 0 Å². The van der Waals surface area contributed by atoms with Crippen LogP contribution in [0.4, 0.5) is 5.82 Å². The largest absolute Gasteiger partial charge is 0.463 e. The fourth-order valence-electron chi connectivity index (χ4n) is 2.55. The van der Waals surface area contributed by atoms with Crippen LogP contribution in [0.1, 0.15) is 5.76 Å². The predicted octanol–water partition coefficient (Wildman–Crippen LogP) is 3.31. The summed E-state index contributed by atoms with van der Waals surface area (Å²) in [5, 5.41) is 7.39. The Kier molecular flexibility index (Phi) is 3.12. The van der Waals surface area contributed by atoms with Crippen molar-refractivity contribution in [1.82, 2.24) is 9.97 Å². The molecule has 0 unspecified atom stereocenters. The van der Waals surface area contributed by atoms with Crippen LogP contribution in [0.3, 0.4) is 0 Å². The zero-order valence-corrected chi connectivity index (χ0v) is 12.0. The highest BCUT2D eigenvalue weighted by atomic mass is 16.3. The first-order chi connectivity index (χ1) is 11.4. The van der Waals surface area contributed by atoms with Crippen molar-refractivity contribution in [3.05, 3.63) is 60.7 Å². The number of fused-ring (bicyclic) bond motifs is 3. The van der Waals surface area contributed by atoms with Gasteiger partial charge in [0.25, 0.3) is 0 Å². The van der Waals surface area contributed by atoms with Gasteiger partial charge >= 0.3 is 0 Å². The second-order valence-electron chi connectivity index (χ2n) is 4.94. The molecule has 6 nitrogen and oxygen atoms in total. The third-order valence-corrected chi connectivity index (χ3v) is 3.58. The summed E-state index contributed by atoms with van der Waals surface area (Å²) in [4.78, 5) is 19.0. The highest BCUT2D eigenvalue weighted by Crippen LogP contribution is 2.30. The third kappa shape index (κ3) is 2.26. The molecule has 0 aliphatic rings. The number of hydrogen-bond acceptors (Lipinski definition) is 4. The minimum Gasteiger partial charge on any atom is -0.463 e. The number of furan rings is 1. The Morgan fingerprint density at radius 2 is 2.04 bits per heavy atom. The molecule has 1 aromatic carbocycles. The van der Waals surface area contributed by atoms with Crippen molar-refractivity contribution >= 4 is 40.2 Å². The number of H-pyrrole nitrogens is 1. The molecule has 0 atom stereocenters. The van der Waals surface area contributed by atoms with E-state index in [0.29, 0.717) is 18.0 Å². The molecule has 0 bridgehead atoms. The molecule has 0 spiro atoms. The van der Waals surface area contributed by atoms with Crippen LogP contribution in [-0.2, 0) is 4.79 Å². The maximum atomic E-state index is 11.5. The molecule has 0 saturated carbocycles. The summed E-state index contributed by atoms with van der Waals surface area (Å²) in [6.45, 7) is 0. The summed E-state index contributed by atoms with van der Waals surface area (Å²) in [6, 6.07) is 13.4. The van der Waals surface area contributed by atoms with E-state index in [4.69, 9.17) is 4.42 Å². The molecule has 112 valence electrons. The Morgan fingerprint density at radius 3 is 2.87 bits per heavy atom. The number of nitrogens with zero attached hydrogens (tertiary/aromatic N) is 3. The summed E-state index contributed by atoms with van der Waals surface area (Å²) in [6.07, 6.45) is 5.30. The van der Waals surface area contributed by atoms with Gasteiger partial charge in [-0.15, -0.1) is 0 Å². The minimum atomic E-state index is 0.441. The minimum absolute atomic E-state index is 0.441. The van der Waals surface area contributed by atoms with E-state index in [-0.39, 0.29) is 0 Å². The molecule has 23 heavy (non-hydrogen) atoms. The first-order valence-corrected chi connectivity index (χ1v) is 7.04. The topological polar surface area (TPSA) is 74.5 Å². The van der Waals surface area contributed by atoms with E-state index in [2.05, 4.69) is 15.1 Å². The van der Waals surface area contributed by atoms with E-state index < -0.39 is 0 Å². The molecule has 4 rings (SSSR count). The normalized spacial score (nSPS) is 11.5. The summed E-state index contributed by atoms with van der Waals surface area (Å²) < 4.78 is 5.18. The van der Waals surface area contributed by atoms with E-state index in [9.17, 15) is 4.79 Å². The zero-order valence-electron chi connectivity index (χ0n) is 12.0. The molecule has 0 aliphatic heterocycles. The van der Waals surface area contributed by atoms with Crippen LogP contribution in [0.25, 0.3) is 21.8 Å². The van der Waals surface area contributed by atoms with Gasteiger partial charge in [-0.2, -0.15) is 10.1 Å². The SMILES string of the molecule is O=CN(N=Cc1ccco1)c1nccc2c1[nH]c1ccccc12. The Labute approximate surface area is 131 Å². The smallest absolute Gasteiger partial charge is 0.236 e. The van der Waals surface area contributed by atoms with Gasteiger partial charge in [-0.1, -0.05) is 18.2 Å². The van der Waals surface area contributed by atoms with Gasteiger partial charge in [0.15, 0.2) is 5.82 Å². The monoisotopic (exact) mass is 304 g/mol. The van der Waals surface area contributed by atoms with Gasteiger partial charge in [0.1, 0.15) is 5.76 Å². The molecule has 3 heterocycles. The number of carbonyl (C=O) groups is 1. The fraction of sp³-hybridized carbons (Fsp3) is 0. The van der Waals surface area contributed by atoms with Gasteiger partial charge < -0.3 is 9.40 Å². The van der Waals surface area contributed by atoms with E-state index in [0.717, 1.165) is 21.8 Å². The molecule has 0 aliphatic carbocycles. The summed E-state index contributed by atoms with van der Waals surface area (Å²) in [5.74, 6) is 0.997. The average Bonchev–Trinajstić information content (AvgIpc) is 3.23. The summed E-state index contributed by atoms with van der Waals surface area (Å²) in [7, 11) is 0. The number of benzene rings is 1.